The van der Waals surface area contributed by atoms with Gasteiger partial charge in [0.1, 0.15) is 0 Å². The highest BCUT2D eigenvalue weighted by Crippen LogP contribution is 2.50. The van der Waals surface area contributed by atoms with E-state index in [1.54, 1.807) is 6.92 Å². The van der Waals surface area contributed by atoms with E-state index in [-0.39, 0.29) is 11.1 Å². The van der Waals surface area contributed by atoms with Gasteiger partial charge < -0.3 is 0 Å². The van der Waals surface area contributed by atoms with Gasteiger partial charge in [0.15, 0.2) is 11.6 Å². The Morgan fingerprint density at radius 1 is 0.833 bits per heavy atom. The fourth-order valence-electron chi connectivity index (χ4n) is 2.68. The van der Waals surface area contributed by atoms with Crippen LogP contribution in [0.5, 0.6) is 0 Å². The third-order valence-corrected chi connectivity index (χ3v) is 4.10. The van der Waals surface area contributed by atoms with Crippen molar-refractivity contribution < 1.29 is 26.3 Å². The average Bonchev–Trinajstić information content (AvgIpc) is 2.91. The van der Waals surface area contributed by atoms with Gasteiger partial charge in [-0.25, -0.2) is 8.78 Å². The van der Waals surface area contributed by atoms with Gasteiger partial charge in [0.05, 0.1) is 0 Å². The minimum Gasteiger partial charge on any atom is -0.204 e. The first-order valence-corrected chi connectivity index (χ1v) is 7.14. The first-order valence-electron chi connectivity index (χ1n) is 7.14. The molecule has 0 spiro atoms. The van der Waals surface area contributed by atoms with Crippen LogP contribution in [0.15, 0.2) is 42.0 Å². The molecular weight excluding hydrogens is 330 g/mol. The summed E-state index contributed by atoms with van der Waals surface area (Å²) < 4.78 is 84.0. The highest BCUT2D eigenvalue weighted by atomic mass is 19.3. The predicted octanol–water partition coefficient (Wildman–Crippen LogP) is 5.64. The summed E-state index contributed by atoms with van der Waals surface area (Å²) in [6.07, 6.45) is 0.251. The molecule has 24 heavy (non-hydrogen) atoms. The maximum atomic E-state index is 14.5. The van der Waals surface area contributed by atoms with Gasteiger partial charge >= 0.3 is 11.8 Å². The van der Waals surface area contributed by atoms with Crippen LogP contribution in [-0.4, -0.2) is 5.92 Å². The fraction of sp³-hybridized carbons (Fsp3) is 0.222. The lowest BCUT2D eigenvalue weighted by Crippen LogP contribution is -2.39. The third kappa shape index (κ3) is 2.50. The van der Waals surface area contributed by atoms with E-state index >= 15 is 0 Å². The highest BCUT2D eigenvalue weighted by Gasteiger charge is 2.59. The van der Waals surface area contributed by atoms with Crippen molar-refractivity contribution >= 4 is 6.08 Å². The van der Waals surface area contributed by atoms with Crippen molar-refractivity contribution in [2.24, 2.45) is 0 Å². The Labute approximate surface area is 134 Å². The Bertz CT molecular complexity index is 818. The van der Waals surface area contributed by atoms with Crippen LogP contribution in [0.4, 0.5) is 26.3 Å². The van der Waals surface area contributed by atoms with Crippen molar-refractivity contribution in [1.82, 2.24) is 0 Å². The Morgan fingerprint density at radius 2 is 1.42 bits per heavy atom. The number of aryl methyl sites for hydroxylation is 1. The zero-order valence-electron chi connectivity index (χ0n) is 12.5. The lowest BCUT2D eigenvalue weighted by Gasteiger charge is -2.28. The second-order valence-electron chi connectivity index (χ2n) is 5.83. The third-order valence-electron chi connectivity index (χ3n) is 4.10. The Hall–Kier alpha value is -2.24. The molecule has 0 amide bonds. The molecule has 3 rings (SSSR count). The van der Waals surface area contributed by atoms with E-state index < -0.39 is 41.0 Å². The maximum absolute atomic E-state index is 14.5. The summed E-state index contributed by atoms with van der Waals surface area (Å²) in [7, 11) is 0. The SMILES string of the molecule is Cc1ccc(C(F)(F)C(F)(F)C2=Cc3cc(F)c(F)cc3C2)cc1. The maximum Gasteiger partial charge on any atom is 0.339 e. The number of halogens is 6. The van der Waals surface area contributed by atoms with Gasteiger partial charge in [-0.2, -0.15) is 17.6 Å². The van der Waals surface area contributed by atoms with Crippen LogP contribution in [0.3, 0.4) is 0 Å². The molecule has 2 aromatic rings. The monoisotopic (exact) mass is 342 g/mol. The number of rotatable bonds is 3. The number of alkyl halides is 4. The van der Waals surface area contributed by atoms with Gasteiger partial charge in [0.25, 0.3) is 0 Å². The summed E-state index contributed by atoms with van der Waals surface area (Å²) >= 11 is 0. The number of allylic oxidation sites excluding steroid dienone is 1. The van der Waals surface area contributed by atoms with Gasteiger partial charge in [-0.3, -0.25) is 0 Å². The first-order chi connectivity index (χ1) is 11.1. The summed E-state index contributed by atoms with van der Waals surface area (Å²) in [6, 6.07) is 6.03. The summed E-state index contributed by atoms with van der Waals surface area (Å²) in [4.78, 5) is 0. The molecule has 0 atom stereocenters. The molecule has 0 aliphatic heterocycles. The molecule has 0 radical (unpaired) electrons. The van der Waals surface area contributed by atoms with Gasteiger partial charge in [0, 0.05) is 17.6 Å². The molecule has 0 N–H and O–H groups in total. The largest absolute Gasteiger partial charge is 0.339 e. The van der Waals surface area contributed by atoms with E-state index in [1.165, 1.54) is 12.1 Å². The van der Waals surface area contributed by atoms with Gasteiger partial charge in [-0.1, -0.05) is 29.8 Å². The Morgan fingerprint density at radius 3 is 2.04 bits per heavy atom. The molecule has 1 aliphatic carbocycles. The second kappa shape index (κ2) is 5.40. The molecule has 6 heteroatoms. The highest BCUT2D eigenvalue weighted by molar-refractivity contribution is 5.66. The van der Waals surface area contributed by atoms with Crippen LogP contribution in [0, 0.1) is 18.6 Å². The Kier molecular flexibility index (Phi) is 3.73. The summed E-state index contributed by atoms with van der Waals surface area (Å²) in [6.45, 7) is 1.65. The van der Waals surface area contributed by atoms with E-state index in [9.17, 15) is 26.3 Å². The van der Waals surface area contributed by atoms with Crippen molar-refractivity contribution in [3.8, 4) is 0 Å². The quantitative estimate of drug-likeness (QED) is 0.633. The summed E-state index contributed by atoms with van der Waals surface area (Å²) in [5, 5.41) is 0. The van der Waals surface area contributed by atoms with Crippen LogP contribution in [0.2, 0.25) is 0 Å². The molecule has 1 aliphatic rings. The average molecular weight is 342 g/mol. The van der Waals surface area contributed by atoms with Crippen LogP contribution < -0.4 is 0 Å². The number of hydrogen-bond acceptors (Lipinski definition) is 0. The van der Waals surface area contributed by atoms with Crippen LogP contribution in [0.25, 0.3) is 6.08 Å². The first kappa shape index (κ1) is 16.6. The van der Waals surface area contributed by atoms with Crippen LogP contribution in [0.1, 0.15) is 22.3 Å². The van der Waals surface area contributed by atoms with Crippen molar-refractivity contribution in [2.45, 2.75) is 25.2 Å². The molecule has 0 bridgehead atoms. The van der Waals surface area contributed by atoms with E-state index in [4.69, 9.17) is 0 Å². The summed E-state index contributed by atoms with van der Waals surface area (Å²) in [5.74, 6) is -11.3. The smallest absolute Gasteiger partial charge is 0.204 e. The van der Waals surface area contributed by atoms with E-state index in [0.717, 1.165) is 30.3 Å². The number of benzene rings is 2. The molecule has 126 valence electrons. The standard InChI is InChI=1S/C18H12F6/c1-10-2-4-13(5-3-10)17(21,22)18(23,24)14-6-11-8-15(19)16(20)9-12(11)7-14/h2-6,8-9H,7H2,1H3. The van der Waals surface area contributed by atoms with Crippen molar-refractivity contribution in [3.63, 3.8) is 0 Å². The zero-order chi connectivity index (χ0) is 17.7. The predicted molar refractivity (Wildman–Crippen MR) is 78.1 cm³/mol. The number of fused-ring (bicyclic) bond motifs is 1. The molecule has 0 saturated heterocycles. The van der Waals surface area contributed by atoms with Gasteiger partial charge in [-0.15, -0.1) is 0 Å². The fourth-order valence-corrected chi connectivity index (χ4v) is 2.68. The number of hydrogen-bond donors (Lipinski definition) is 0. The lowest BCUT2D eigenvalue weighted by molar-refractivity contribution is -0.193. The molecule has 0 saturated carbocycles. The normalized spacial score (nSPS) is 14.5. The molecule has 2 aromatic carbocycles. The molecule has 0 unspecified atom stereocenters. The molecule has 0 heterocycles. The van der Waals surface area contributed by atoms with Crippen molar-refractivity contribution in [2.75, 3.05) is 0 Å². The second-order valence-corrected chi connectivity index (χ2v) is 5.83. The van der Waals surface area contributed by atoms with Crippen LogP contribution >= 0.6 is 0 Å². The molecule has 0 nitrogen and oxygen atoms in total. The molecule has 0 fully saturated rings. The lowest BCUT2D eigenvalue weighted by atomic mass is 9.94. The Balaban J connectivity index is 1.99. The topological polar surface area (TPSA) is 0 Å². The minimum atomic E-state index is -4.48. The van der Waals surface area contributed by atoms with E-state index in [2.05, 4.69) is 0 Å². The zero-order valence-corrected chi connectivity index (χ0v) is 12.5. The van der Waals surface area contributed by atoms with E-state index in [1.807, 2.05) is 0 Å². The van der Waals surface area contributed by atoms with Crippen LogP contribution in [-0.2, 0) is 12.3 Å². The van der Waals surface area contributed by atoms with Crippen molar-refractivity contribution in [3.05, 3.63) is 75.9 Å². The van der Waals surface area contributed by atoms with Gasteiger partial charge in [0.2, 0.25) is 0 Å². The van der Waals surface area contributed by atoms with Crippen molar-refractivity contribution in [1.29, 1.82) is 0 Å². The van der Waals surface area contributed by atoms with Gasteiger partial charge in [-0.05, 0) is 36.3 Å². The van der Waals surface area contributed by atoms with E-state index in [0.29, 0.717) is 5.56 Å². The molecular formula is C18H12F6. The molecule has 0 aromatic heterocycles. The summed E-state index contributed by atoms with van der Waals surface area (Å²) in [5.41, 5.74) is -0.969. The minimum absolute atomic E-state index is 0.0109.